The minimum atomic E-state index is -2.61. The van der Waals surface area contributed by atoms with E-state index in [1.54, 1.807) is 6.45 Å². The second-order valence-electron chi connectivity index (χ2n) is 6.66. The Labute approximate surface area is 146 Å². The van der Waals surface area contributed by atoms with E-state index in [-0.39, 0.29) is 0 Å². The van der Waals surface area contributed by atoms with Gasteiger partial charge in [-0.3, -0.25) is 0 Å². The molecule has 2 atom stereocenters. The zero-order valence-electron chi connectivity index (χ0n) is 14.4. The van der Waals surface area contributed by atoms with Gasteiger partial charge >= 0.3 is 147 Å². The third-order valence-electron chi connectivity index (χ3n) is 5.16. The van der Waals surface area contributed by atoms with Crippen LogP contribution in [0.2, 0.25) is 7.66 Å². The molecule has 0 bridgehead atoms. The van der Waals surface area contributed by atoms with E-state index < -0.39 is 20.6 Å². The van der Waals surface area contributed by atoms with Gasteiger partial charge in [-0.1, -0.05) is 0 Å². The first kappa shape index (κ1) is 17.2. The first-order valence-electron chi connectivity index (χ1n) is 9.24. The monoisotopic (exact) mass is 503 g/mol. The standard InChI is InChI=1S/C6H9.C6H7.C6H5.C4H9.Po/c3*1-2-4-6-5-3-1;1-3-4-2;/h1-2,5H,3-4,6H2;1-2,6H,3,5H2;1-5H;1,3-4H2,2H3;. The first-order chi connectivity index (χ1) is 11.4. The van der Waals surface area contributed by atoms with Gasteiger partial charge in [-0.15, -0.1) is 0 Å². The van der Waals surface area contributed by atoms with Crippen LogP contribution in [0.15, 0.2) is 63.9 Å². The van der Waals surface area contributed by atoms with Crippen LogP contribution in [-0.2, 0) is 0 Å². The molecule has 23 heavy (non-hydrogen) atoms. The van der Waals surface area contributed by atoms with Crippen molar-refractivity contribution in [2.45, 2.75) is 59.5 Å². The summed E-state index contributed by atoms with van der Waals surface area (Å²) in [6, 6.07) is 11.7. The molecule has 0 saturated carbocycles. The Balaban J connectivity index is 2.09. The molecular formula is C22H30Po. The fraction of sp³-hybridized carbons (Fsp3) is 0.455. The summed E-state index contributed by atoms with van der Waals surface area (Å²) in [5.74, 6) is 0. The predicted octanol–water partition coefficient (Wildman–Crippen LogP) is 6.07. The SMILES string of the molecule is CCC[CH2][Po]([C]1=CCCC=C1)([c]1ccccc1)[CH]1CC=CCC1. The van der Waals surface area contributed by atoms with E-state index >= 15 is 0 Å². The quantitative estimate of drug-likeness (QED) is 0.414. The molecule has 3 rings (SSSR count). The third-order valence-corrected chi connectivity index (χ3v) is 23.6. The number of hydrogen-bond acceptors (Lipinski definition) is 0. The molecule has 2 aliphatic carbocycles. The second kappa shape index (κ2) is 8.44. The van der Waals surface area contributed by atoms with Crippen molar-refractivity contribution >= 4 is 23.8 Å². The molecule has 0 saturated heterocycles. The van der Waals surface area contributed by atoms with Gasteiger partial charge in [0.15, 0.2) is 0 Å². The third kappa shape index (κ3) is 3.72. The molecule has 2 unspecified atom stereocenters. The van der Waals surface area contributed by atoms with Crippen LogP contribution in [0.5, 0.6) is 0 Å². The fourth-order valence-corrected chi connectivity index (χ4v) is 23.3. The van der Waals surface area contributed by atoms with Gasteiger partial charge in [-0.25, -0.2) is 0 Å². The Morgan fingerprint density at radius 2 is 1.87 bits per heavy atom. The van der Waals surface area contributed by atoms with Crippen LogP contribution in [-0.4, -0.2) is 20.6 Å². The minimum absolute atomic E-state index is 0.940. The average molecular weight is 503 g/mol. The van der Waals surface area contributed by atoms with Crippen LogP contribution in [0.1, 0.15) is 51.9 Å². The maximum atomic E-state index is 2.62. The maximum absolute atomic E-state index is 2.62. The molecule has 0 aromatic heterocycles. The van der Waals surface area contributed by atoms with E-state index in [9.17, 15) is 0 Å². The molecule has 1 aromatic carbocycles. The number of benzene rings is 1. The van der Waals surface area contributed by atoms with Crippen molar-refractivity contribution in [1.29, 1.82) is 0 Å². The molecule has 0 amide bonds. The Morgan fingerprint density at radius 1 is 1.00 bits per heavy atom. The summed E-state index contributed by atoms with van der Waals surface area (Å²) in [4.78, 5) is 0. The van der Waals surface area contributed by atoms with Crippen molar-refractivity contribution in [1.82, 2.24) is 0 Å². The van der Waals surface area contributed by atoms with Crippen molar-refractivity contribution in [2.24, 2.45) is 0 Å². The Hall–Kier alpha value is -0.664. The average Bonchev–Trinajstić information content (AvgIpc) is 2.65. The van der Waals surface area contributed by atoms with Crippen LogP contribution in [0.4, 0.5) is 0 Å². The van der Waals surface area contributed by atoms with Crippen LogP contribution in [0.3, 0.4) is 0 Å². The predicted molar refractivity (Wildman–Crippen MR) is 105 cm³/mol. The van der Waals surface area contributed by atoms with Gasteiger partial charge in [0.2, 0.25) is 0 Å². The van der Waals surface area contributed by atoms with E-state index in [2.05, 4.69) is 67.6 Å². The van der Waals surface area contributed by atoms with Gasteiger partial charge < -0.3 is 0 Å². The van der Waals surface area contributed by atoms with Gasteiger partial charge in [0.25, 0.3) is 0 Å². The van der Waals surface area contributed by atoms with Crippen LogP contribution < -0.4 is 3.22 Å². The van der Waals surface area contributed by atoms with Gasteiger partial charge in [-0.2, -0.15) is 0 Å². The van der Waals surface area contributed by atoms with Crippen molar-refractivity contribution in [2.75, 3.05) is 0 Å². The van der Waals surface area contributed by atoms with E-state index in [4.69, 9.17) is 0 Å². The fourth-order valence-electron chi connectivity index (χ4n) is 3.95. The van der Waals surface area contributed by atoms with E-state index in [0.717, 1.165) is 3.58 Å². The molecule has 2 aliphatic rings. The Bertz CT molecular complexity index is 581. The van der Waals surface area contributed by atoms with E-state index in [0.29, 0.717) is 0 Å². The molecule has 0 fully saturated rings. The van der Waals surface area contributed by atoms with Crippen molar-refractivity contribution < 1.29 is 0 Å². The summed E-state index contributed by atoms with van der Waals surface area (Å²) in [6.45, 7) is 2.35. The second-order valence-corrected chi connectivity index (χ2v) is 20.7. The molecule has 0 spiro atoms. The van der Waals surface area contributed by atoms with Gasteiger partial charge in [0.1, 0.15) is 0 Å². The van der Waals surface area contributed by atoms with Gasteiger partial charge in [0.05, 0.1) is 0 Å². The molecule has 0 radical (unpaired) electrons. The van der Waals surface area contributed by atoms with Crippen LogP contribution in [0.25, 0.3) is 0 Å². The van der Waals surface area contributed by atoms with Gasteiger partial charge in [-0.05, 0) is 0 Å². The molecular weight excluding hydrogens is 473 g/mol. The normalized spacial score (nSPS) is 24.7. The summed E-state index contributed by atoms with van der Waals surface area (Å²) in [5.41, 5.74) is 0. The Morgan fingerprint density at radius 3 is 2.52 bits per heavy atom. The van der Waals surface area contributed by atoms with Gasteiger partial charge in [0, 0.05) is 0 Å². The van der Waals surface area contributed by atoms with Crippen molar-refractivity contribution in [3.63, 3.8) is 0 Å². The molecule has 0 nitrogen and oxygen atoms in total. The number of unbranched alkanes of at least 4 members (excludes halogenated alkanes) is 1. The molecule has 0 aliphatic heterocycles. The summed E-state index contributed by atoms with van der Waals surface area (Å²) < 4.78 is 5.97. The van der Waals surface area contributed by atoms with Crippen LogP contribution >= 0.6 is 0 Å². The van der Waals surface area contributed by atoms with E-state index in [1.165, 1.54) is 49.0 Å². The summed E-state index contributed by atoms with van der Waals surface area (Å²) in [5, 5.41) is 0. The number of hydrogen-bond donors (Lipinski definition) is 0. The number of allylic oxidation sites excluding steroid dienone is 6. The summed E-state index contributed by atoms with van der Waals surface area (Å²) >= 11 is -2.61. The Kier molecular flexibility index (Phi) is 6.30. The first-order valence-corrected chi connectivity index (χ1v) is 16.5. The zero-order valence-corrected chi connectivity index (χ0v) is 17.6. The zero-order chi connectivity index (χ0) is 16.0. The van der Waals surface area contributed by atoms with Crippen LogP contribution in [0, 0.1) is 0 Å². The molecule has 1 heteroatoms. The summed E-state index contributed by atoms with van der Waals surface area (Å²) in [6.07, 6.45) is 21.7. The molecule has 124 valence electrons. The van der Waals surface area contributed by atoms with Crippen molar-refractivity contribution in [3.05, 3.63) is 63.9 Å². The molecule has 0 N–H and O–H groups in total. The number of rotatable bonds is 6. The molecule has 0 heterocycles. The van der Waals surface area contributed by atoms with Crippen molar-refractivity contribution in [3.8, 4) is 0 Å². The topological polar surface area (TPSA) is 0 Å². The van der Waals surface area contributed by atoms with E-state index in [1.807, 2.05) is 0 Å². The summed E-state index contributed by atoms with van der Waals surface area (Å²) in [7, 11) is 0. The molecule has 1 aromatic rings.